The molecule has 1 aromatic carbocycles. The predicted molar refractivity (Wildman–Crippen MR) is 93.7 cm³/mol. The molecule has 1 fully saturated rings. The van der Waals surface area contributed by atoms with E-state index in [0.717, 1.165) is 24.7 Å². The molecular formula is C18H21F2N3OS. The zero-order valence-corrected chi connectivity index (χ0v) is 15.2. The second-order valence-corrected chi connectivity index (χ2v) is 7.15. The number of amides is 1. The first-order valence-electron chi connectivity index (χ1n) is 8.35. The lowest BCUT2D eigenvalue weighted by Gasteiger charge is -2.28. The highest BCUT2D eigenvalue weighted by Crippen LogP contribution is 2.25. The first kappa shape index (κ1) is 17.9. The van der Waals surface area contributed by atoms with Crippen molar-refractivity contribution in [2.24, 2.45) is 0 Å². The van der Waals surface area contributed by atoms with Crippen LogP contribution in [0.2, 0.25) is 0 Å². The van der Waals surface area contributed by atoms with Crippen molar-refractivity contribution in [1.29, 1.82) is 0 Å². The number of benzene rings is 1. The maximum atomic E-state index is 14.1. The third-order valence-electron chi connectivity index (χ3n) is 4.72. The zero-order chi connectivity index (χ0) is 18.0. The molecule has 1 aliphatic heterocycles. The van der Waals surface area contributed by atoms with Gasteiger partial charge >= 0.3 is 0 Å². The van der Waals surface area contributed by atoms with Crippen molar-refractivity contribution in [3.05, 3.63) is 51.5 Å². The number of rotatable bonds is 3. The predicted octanol–water partition coefficient (Wildman–Crippen LogP) is 3.64. The van der Waals surface area contributed by atoms with E-state index in [1.54, 1.807) is 5.51 Å². The van der Waals surface area contributed by atoms with Gasteiger partial charge in [-0.3, -0.25) is 9.69 Å². The number of carbonyl (C=O) groups excluding carboxylic acids is 1. The summed E-state index contributed by atoms with van der Waals surface area (Å²) in [6.07, 6.45) is 0.816. The highest BCUT2D eigenvalue weighted by molar-refractivity contribution is 7.11. The Kier molecular flexibility index (Phi) is 5.44. The summed E-state index contributed by atoms with van der Waals surface area (Å²) in [5.41, 5.74) is 2.93. The molecule has 7 heteroatoms. The van der Waals surface area contributed by atoms with E-state index in [4.69, 9.17) is 0 Å². The van der Waals surface area contributed by atoms with E-state index in [2.05, 4.69) is 9.88 Å². The smallest absolute Gasteiger partial charge is 0.265 e. The zero-order valence-electron chi connectivity index (χ0n) is 14.3. The number of hydrogen-bond acceptors (Lipinski definition) is 4. The van der Waals surface area contributed by atoms with Gasteiger partial charge in [-0.15, -0.1) is 11.3 Å². The molecule has 0 N–H and O–H groups in total. The Bertz CT molecular complexity index is 765. The lowest BCUT2D eigenvalue weighted by atomic mass is 10.1. The largest absolute Gasteiger partial charge is 0.337 e. The molecule has 0 radical (unpaired) electrons. The Balaban J connectivity index is 1.69. The van der Waals surface area contributed by atoms with Crippen molar-refractivity contribution in [2.75, 3.05) is 26.2 Å². The number of halogens is 2. The van der Waals surface area contributed by atoms with E-state index in [1.807, 2.05) is 18.7 Å². The van der Waals surface area contributed by atoms with Gasteiger partial charge in [0.05, 0.1) is 11.2 Å². The fourth-order valence-electron chi connectivity index (χ4n) is 3.22. The van der Waals surface area contributed by atoms with Crippen molar-refractivity contribution in [2.45, 2.75) is 26.3 Å². The van der Waals surface area contributed by atoms with Gasteiger partial charge in [-0.05, 0) is 26.3 Å². The number of carbonyl (C=O) groups is 1. The van der Waals surface area contributed by atoms with Crippen molar-refractivity contribution in [1.82, 2.24) is 14.8 Å². The number of aryl methyl sites for hydroxylation is 1. The van der Waals surface area contributed by atoms with Crippen LogP contribution >= 0.6 is 11.3 Å². The lowest BCUT2D eigenvalue weighted by molar-refractivity contribution is 0.0762. The van der Waals surface area contributed by atoms with Crippen LogP contribution in [0, 0.1) is 18.6 Å². The molecule has 1 atom stereocenters. The third kappa shape index (κ3) is 3.88. The maximum Gasteiger partial charge on any atom is 0.265 e. The third-order valence-corrected chi connectivity index (χ3v) is 5.63. The fraction of sp³-hybridized carbons (Fsp3) is 0.444. The van der Waals surface area contributed by atoms with Gasteiger partial charge in [0.15, 0.2) is 0 Å². The molecule has 1 amide bonds. The van der Waals surface area contributed by atoms with E-state index >= 15 is 0 Å². The molecule has 0 bridgehead atoms. The van der Waals surface area contributed by atoms with Crippen molar-refractivity contribution < 1.29 is 13.6 Å². The van der Waals surface area contributed by atoms with Gasteiger partial charge < -0.3 is 4.90 Å². The fourth-order valence-corrected chi connectivity index (χ4v) is 3.99. The van der Waals surface area contributed by atoms with Crippen LogP contribution in [0.5, 0.6) is 0 Å². The molecule has 25 heavy (non-hydrogen) atoms. The highest BCUT2D eigenvalue weighted by Gasteiger charge is 2.26. The van der Waals surface area contributed by atoms with Crippen molar-refractivity contribution >= 4 is 17.2 Å². The minimum Gasteiger partial charge on any atom is -0.337 e. The summed E-state index contributed by atoms with van der Waals surface area (Å²) < 4.78 is 27.2. The quantitative estimate of drug-likeness (QED) is 0.833. The van der Waals surface area contributed by atoms with Gasteiger partial charge in [0.25, 0.3) is 5.91 Å². The van der Waals surface area contributed by atoms with E-state index in [0.29, 0.717) is 30.1 Å². The summed E-state index contributed by atoms with van der Waals surface area (Å²) in [6, 6.07) is 3.55. The summed E-state index contributed by atoms with van der Waals surface area (Å²) in [7, 11) is 0. The number of aromatic nitrogens is 1. The van der Waals surface area contributed by atoms with Crippen LogP contribution < -0.4 is 0 Å². The van der Waals surface area contributed by atoms with Gasteiger partial charge in [0, 0.05) is 43.9 Å². The molecule has 134 valence electrons. The normalized spacial score (nSPS) is 17.4. The molecule has 0 aliphatic carbocycles. The van der Waals surface area contributed by atoms with E-state index in [-0.39, 0.29) is 11.9 Å². The SMILES string of the molecule is Cc1ncsc1C(=O)N1CCCN(C(C)c2ccc(F)cc2F)CC1. The summed E-state index contributed by atoms with van der Waals surface area (Å²) in [6.45, 7) is 6.44. The lowest BCUT2D eigenvalue weighted by Crippen LogP contribution is -2.36. The summed E-state index contributed by atoms with van der Waals surface area (Å²) in [5.74, 6) is -1.08. The Hall–Kier alpha value is -1.86. The van der Waals surface area contributed by atoms with Gasteiger partial charge in [-0.1, -0.05) is 6.07 Å². The minimum atomic E-state index is -0.569. The van der Waals surface area contributed by atoms with E-state index < -0.39 is 11.6 Å². The van der Waals surface area contributed by atoms with Crippen LogP contribution in [0.15, 0.2) is 23.7 Å². The molecule has 2 aromatic rings. The van der Waals surface area contributed by atoms with Crippen LogP contribution in [-0.2, 0) is 0 Å². The van der Waals surface area contributed by atoms with Gasteiger partial charge in [0.2, 0.25) is 0 Å². The molecule has 3 rings (SSSR count). The van der Waals surface area contributed by atoms with Crippen LogP contribution in [0.4, 0.5) is 8.78 Å². The summed E-state index contributed by atoms with van der Waals surface area (Å²) >= 11 is 1.36. The molecule has 1 saturated heterocycles. The highest BCUT2D eigenvalue weighted by atomic mass is 32.1. The Morgan fingerprint density at radius 1 is 1.24 bits per heavy atom. The Morgan fingerprint density at radius 2 is 2.04 bits per heavy atom. The Morgan fingerprint density at radius 3 is 2.72 bits per heavy atom. The Labute approximate surface area is 150 Å². The topological polar surface area (TPSA) is 36.4 Å². The molecule has 0 spiro atoms. The molecule has 2 heterocycles. The van der Waals surface area contributed by atoms with E-state index in [9.17, 15) is 13.6 Å². The average Bonchev–Trinajstić information content (AvgIpc) is 2.86. The van der Waals surface area contributed by atoms with Crippen molar-refractivity contribution in [3.8, 4) is 0 Å². The standard InChI is InChI=1S/C18H21F2N3OS/c1-12-17(25-11-21-12)18(24)23-7-3-6-22(8-9-23)13(2)15-5-4-14(19)10-16(15)20/h4-5,10-11,13H,3,6-9H2,1-2H3. The van der Waals surface area contributed by atoms with Crippen LogP contribution in [0.25, 0.3) is 0 Å². The maximum absolute atomic E-state index is 14.1. The minimum absolute atomic E-state index is 0.0162. The molecule has 1 unspecified atom stereocenters. The van der Waals surface area contributed by atoms with Crippen LogP contribution in [0.1, 0.15) is 40.3 Å². The van der Waals surface area contributed by atoms with Crippen LogP contribution in [0.3, 0.4) is 0 Å². The van der Waals surface area contributed by atoms with Gasteiger partial charge in [0.1, 0.15) is 16.5 Å². The number of nitrogens with zero attached hydrogens (tertiary/aromatic N) is 3. The number of thiazole rings is 1. The first-order chi connectivity index (χ1) is 12.0. The van der Waals surface area contributed by atoms with Gasteiger partial charge in [-0.25, -0.2) is 13.8 Å². The van der Waals surface area contributed by atoms with Crippen LogP contribution in [-0.4, -0.2) is 46.9 Å². The molecule has 1 aromatic heterocycles. The molecular weight excluding hydrogens is 344 g/mol. The summed E-state index contributed by atoms with van der Waals surface area (Å²) in [4.78, 5) is 21.5. The average molecular weight is 365 g/mol. The van der Waals surface area contributed by atoms with Crippen molar-refractivity contribution in [3.63, 3.8) is 0 Å². The van der Waals surface area contributed by atoms with Gasteiger partial charge in [-0.2, -0.15) is 0 Å². The second-order valence-electron chi connectivity index (χ2n) is 6.29. The first-order valence-corrected chi connectivity index (χ1v) is 9.23. The number of hydrogen-bond donors (Lipinski definition) is 0. The van der Waals surface area contributed by atoms with E-state index in [1.165, 1.54) is 23.5 Å². The molecule has 1 aliphatic rings. The summed E-state index contributed by atoms with van der Waals surface area (Å²) in [5, 5.41) is 0. The second kappa shape index (κ2) is 7.58. The molecule has 4 nitrogen and oxygen atoms in total. The monoisotopic (exact) mass is 365 g/mol. The molecule has 0 saturated carbocycles.